The van der Waals surface area contributed by atoms with Crippen LogP contribution in [0.15, 0.2) is 17.0 Å². The Bertz CT molecular complexity index is 613. The van der Waals surface area contributed by atoms with Gasteiger partial charge in [0.15, 0.2) is 0 Å². The standard InChI is InChI=1S/C14H21FN2O3S/c1-9-12(15)6-11(8-16)7-14(9)21(18,19)17-10(2)13-4-3-5-20-13/h6-7,10,13,17H,3-5,8,16H2,1-2H3. The molecule has 0 radical (unpaired) electrons. The summed E-state index contributed by atoms with van der Waals surface area (Å²) in [4.78, 5) is -0.0622. The van der Waals surface area contributed by atoms with E-state index in [-0.39, 0.29) is 29.1 Å². The van der Waals surface area contributed by atoms with Gasteiger partial charge >= 0.3 is 0 Å². The van der Waals surface area contributed by atoms with Crippen molar-refractivity contribution in [3.63, 3.8) is 0 Å². The maximum atomic E-state index is 13.8. The van der Waals surface area contributed by atoms with Crippen LogP contribution in [0, 0.1) is 12.7 Å². The molecule has 1 aliphatic heterocycles. The fraction of sp³-hybridized carbons (Fsp3) is 0.571. The molecule has 1 aromatic rings. The molecule has 3 N–H and O–H groups in total. The first-order valence-corrected chi connectivity index (χ1v) is 8.46. The molecule has 1 heterocycles. The summed E-state index contributed by atoms with van der Waals surface area (Å²) in [6.45, 7) is 3.93. The number of nitrogens with one attached hydrogen (secondary N) is 1. The van der Waals surface area contributed by atoms with Crippen LogP contribution in [0.2, 0.25) is 0 Å². The zero-order chi connectivity index (χ0) is 15.6. The highest BCUT2D eigenvalue weighted by molar-refractivity contribution is 7.89. The molecule has 2 atom stereocenters. The minimum atomic E-state index is -3.81. The van der Waals surface area contributed by atoms with Crippen molar-refractivity contribution in [3.8, 4) is 0 Å². The number of nitrogens with two attached hydrogens (primary N) is 1. The lowest BCUT2D eigenvalue weighted by molar-refractivity contribution is 0.0902. The van der Waals surface area contributed by atoms with Crippen LogP contribution < -0.4 is 10.5 Å². The van der Waals surface area contributed by atoms with Gasteiger partial charge in [-0.05, 0) is 44.4 Å². The summed E-state index contributed by atoms with van der Waals surface area (Å²) in [5.74, 6) is -0.567. The maximum absolute atomic E-state index is 13.8. The number of benzene rings is 1. The zero-order valence-corrected chi connectivity index (χ0v) is 13.0. The van der Waals surface area contributed by atoms with Crippen LogP contribution in [0.3, 0.4) is 0 Å². The Balaban J connectivity index is 2.28. The second-order valence-corrected chi connectivity index (χ2v) is 7.05. The lowest BCUT2D eigenvalue weighted by Crippen LogP contribution is -2.41. The van der Waals surface area contributed by atoms with Crippen molar-refractivity contribution >= 4 is 10.0 Å². The van der Waals surface area contributed by atoms with Crippen LogP contribution >= 0.6 is 0 Å². The third-order valence-corrected chi connectivity index (χ3v) is 5.43. The molecular weight excluding hydrogens is 295 g/mol. The van der Waals surface area contributed by atoms with E-state index in [2.05, 4.69) is 4.72 Å². The molecule has 1 aromatic carbocycles. The highest BCUT2D eigenvalue weighted by Gasteiger charge is 2.28. The SMILES string of the molecule is Cc1c(F)cc(CN)cc1S(=O)(=O)NC(C)C1CCCO1. The summed E-state index contributed by atoms with van der Waals surface area (Å²) < 4.78 is 46.8. The molecule has 1 fully saturated rings. The van der Waals surface area contributed by atoms with E-state index in [1.165, 1.54) is 19.1 Å². The topological polar surface area (TPSA) is 81.4 Å². The molecule has 2 rings (SSSR count). The largest absolute Gasteiger partial charge is 0.377 e. The summed E-state index contributed by atoms with van der Waals surface area (Å²) in [5, 5.41) is 0. The summed E-state index contributed by atoms with van der Waals surface area (Å²) in [6, 6.07) is 2.32. The third kappa shape index (κ3) is 3.60. The Morgan fingerprint density at radius 2 is 2.24 bits per heavy atom. The van der Waals surface area contributed by atoms with Gasteiger partial charge in [0.25, 0.3) is 0 Å². The van der Waals surface area contributed by atoms with Crippen LogP contribution in [-0.2, 0) is 21.3 Å². The predicted molar refractivity (Wildman–Crippen MR) is 77.8 cm³/mol. The number of sulfonamides is 1. The molecule has 5 nitrogen and oxygen atoms in total. The maximum Gasteiger partial charge on any atom is 0.241 e. The average molecular weight is 316 g/mol. The summed E-state index contributed by atoms with van der Waals surface area (Å²) in [7, 11) is -3.81. The number of hydrogen-bond acceptors (Lipinski definition) is 4. The van der Waals surface area contributed by atoms with E-state index in [9.17, 15) is 12.8 Å². The van der Waals surface area contributed by atoms with Gasteiger partial charge in [0.2, 0.25) is 10.0 Å². The Labute approximate surface area is 124 Å². The second kappa shape index (κ2) is 6.39. The van der Waals surface area contributed by atoms with Gasteiger partial charge in [0, 0.05) is 24.8 Å². The molecule has 7 heteroatoms. The quantitative estimate of drug-likeness (QED) is 0.861. The van der Waals surface area contributed by atoms with Crippen molar-refractivity contribution in [3.05, 3.63) is 29.1 Å². The van der Waals surface area contributed by atoms with E-state index in [0.29, 0.717) is 12.2 Å². The summed E-state index contributed by atoms with van der Waals surface area (Å²) >= 11 is 0. The molecular formula is C14H21FN2O3S. The first kappa shape index (κ1) is 16.4. The molecule has 118 valence electrons. The second-order valence-electron chi connectivity index (χ2n) is 5.37. The van der Waals surface area contributed by atoms with Crippen molar-refractivity contribution in [2.75, 3.05) is 6.61 Å². The summed E-state index contributed by atoms with van der Waals surface area (Å²) in [6.07, 6.45) is 1.61. The first-order chi connectivity index (χ1) is 9.85. The fourth-order valence-electron chi connectivity index (χ4n) is 2.48. The monoisotopic (exact) mass is 316 g/mol. The smallest absolute Gasteiger partial charge is 0.241 e. The Kier molecular flexibility index (Phi) is 4.98. The van der Waals surface area contributed by atoms with Crippen molar-refractivity contribution in [2.24, 2.45) is 5.73 Å². The van der Waals surface area contributed by atoms with Gasteiger partial charge in [-0.2, -0.15) is 0 Å². The molecule has 2 unspecified atom stereocenters. The van der Waals surface area contributed by atoms with Crippen molar-refractivity contribution in [2.45, 2.75) is 50.3 Å². The first-order valence-electron chi connectivity index (χ1n) is 6.98. The Morgan fingerprint density at radius 3 is 2.81 bits per heavy atom. The number of rotatable bonds is 5. The predicted octanol–water partition coefficient (Wildman–Crippen LogP) is 1.44. The molecule has 0 amide bonds. The zero-order valence-electron chi connectivity index (χ0n) is 12.2. The van der Waals surface area contributed by atoms with Crippen molar-refractivity contribution in [1.82, 2.24) is 4.72 Å². The number of ether oxygens (including phenoxy) is 1. The van der Waals surface area contributed by atoms with Crippen LogP contribution in [0.4, 0.5) is 4.39 Å². The van der Waals surface area contributed by atoms with E-state index in [1.54, 1.807) is 6.92 Å². The molecule has 0 spiro atoms. The highest BCUT2D eigenvalue weighted by Crippen LogP contribution is 2.22. The lowest BCUT2D eigenvalue weighted by Gasteiger charge is -2.21. The van der Waals surface area contributed by atoms with Crippen LogP contribution in [-0.4, -0.2) is 27.2 Å². The van der Waals surface area contributed by atoms with E-state index in [4.69, 9.17) is 10.5 Å². The van der Waals surface area contributed by atoms with E-state index in [1.807, 2.05) is 0 Å². The molecule has 0 bridgehead atoms. The van der Waals surface area contributed by atoms with Crippen molar-refractivity contribution < 1.29 is 17.5 Å². The summed E-state index contributed by atoms with van der Waals surface area (Å²) in [5.41, 5.74) is 6.02. The molecule has 0 aliphatic carbocycles. The highest BCUT2D eigenvalue weighted by atomic mass is 32.2. The van der Waals surface area contributed by atoms with E-state index >= 15 is 0 Å². The third-order valence-electron chi connectivity index (χ3n) is 3.75. The van der Waals surface area contributed by atoms with Crippen LogP contribution in [0.1, 0.15) is 30.9 Å². The molecule has 1 saturated heterocycles. The molecule has 1 aliphatic rings. The fourth-order valence-corrected chi connectivity index (χ4v) is 4.06. The van der Waals surface area contributed by atoms with Gasteiger partial charge in [-0.15, -0.1) is 0 Å². The van der Waals surface area contributed by atoms with Gasteiger partial charge in [-0.25, -0.2) is 17.5 Å². The molecule has 0 saturated carbocycles. The Hall–Kier alpha value is -1.02. The van der Waals surface area contributed by atoms with Gasteiger partial charge in [0.05, 0.1) is 11.0 Å². The van der Waals surface area contributed by atoms with Crippen LogP contribution in [0.25, 0.3) is 0 Å². The molecule has 0 aromatic heterocycles. The minimum Gasteiger partial charge on any atom is -0.377 e. The van der Waals surface area contributed by atoms with Gasteiger partial charge in [-0.1, -0.05) is 0 Å². The van der Waals surface area contributed by atoms with Gasteiger partial charge in [0.1, 0.15) is 5.82 Å². The van der Waals surface area contributed by atoms with E-state index < -0.39 is 15.8 Å². The average Bonchev–Trinajstić information content (AvgIpc) is 2.95. The lowest BCUT2D eigenvalue weighted by atomic mass is 10.1. The number of halogens is 1. The minimum absolute atomic E-state index is 0.0622. The molecule has 21 heavy (non-hydrogen) atoms. The Morgan fingerprint density at radius 1 is 1.52 bits per heavy atom. The normalized spacial score (nSPS) is 20.7. The van der Waals surface area contributed by atoms with Gasteiger partial charge < -0.3 is 10.5 Å². The number of hydrogen-bond donors (Lipinski definition) is 2. The van der Waals surface area contributed by atoms with E-state index in [0.717, 1.165) is 12.8 Å². The van der Waals surface area contributed by atoms with Crippen LogP contribution in [0.5, 0.6) is 0 Å². The van der Waals surface area contributed by atoms with Crippen molar-refractivity contribution in [1.29, 1.82) is 0 Å². The van der Waals surface area contributed by atoms with Gasteiger partial charge in [-0.3, -0.25) is 0 Å².